The average molecular weight is 380 g/mol. The van der Waals surface area contributed by atoms with Crippen LogP contribution in [0.4, 0.5) is 4.39 Å². The van der Waals surface area contributed by atoms with Gasteiger partial charge in [0, 0.05) is 24.6 Å². The highest BCUT2D eigenvalue weighted by Gasteiger charge is 2.28. The van der Waals surface area contributed by atoms with Gasteiger partial charge in [0.15, 0.2) is 0 Å². The van der Waals surface area contributed by atoms with Crippen molar-refractivity contribution in [3.05, 3.63) is 81.8 Å². The first-order chi connectivity index (χ1) is 13.5. The van der Waals surface area contributed by atoms with Gasteiger partial charge >= 0.3 is 5.69 Å². The number of likely N-dealkylation sites (tertiary alicyclic amines) is 1. The topological polar surface area (TPSA) is 71.0 Å². The molecule has 1 unspecified atom stereocenters. The summed E-state index contributed by atoms with van der Waals surface area (Å²) in [5, 5.41) is 4.40. The number of rotatable bonds is 3. The molecule has 1 fully saturated rings. The molecular formula is C21H21FN4O2. The number of amides is 1. The third kappa shape index (κ3) is 3.60. The van der Waals surface area contributed by atoms with Gasteiger partial charge in [0.05, 0.1) is 5.69 Å². The number of piperidine rings is 1. The van der Waals surface area contributed by atoms with E-state index in [1.165, 1.54) is 28.9 Å². The molecule has 1 saturated heterocycles. The summed E-state index contributed by atoms with van der Waals surface area (Å²) in [4.78, 5) is 29.8. The Balaban J connectivity index is 1.55. The van der Waals surface area contributed by atoms with Crippen LogP contribution in [-0.2, 0) is 0 Å². The zero-order valence-electron chi connectivity index (χ0n) is 15.6. The highest BCUT2D eigenvalue weighted by Crippen LogP contribution is 2.25. The van der Waals surface area contributed by atoms with Crippen LogP contribution in [0.15, 0.2) is 53.3 Å². The summed E-state index contributed by atoms with van der Waals surface area (Å²) < 4.78 is 14.4. The number of carbonyl (C=O) groups excluding carboxylic acids is 1. The van der Waals surface area contributed by atoms with E-state index in [9.17, 15) is 14.0 Å². The molecule has 3 aromatic rings. The highest BCUT2D eigenvalue weighted by atomic mass is 19.1. The lowest BCUT2D eigenvalue weighted by Gasteiger charge is -2.31. The molecule has 6 nitrogen and oxygen atoms in total. The summed E-state index contributed by atoms with van der Waals surface area (Å²) in [5.74, 6) is 0.131. The Kier molecular flexibility index (Phi) is 4.81. The number of nitrogens with zero attached hydrogens (tertiary/aromatic N) is 3. The van der Waals surface area contributed by atoms with Crippen LogP contribution in [0, 0.1) is 12.7 Å². The quantitative estimate of drug-likeness (QED) is 0.759. The van der Waals surface area contributed by atoms with Crippen LogP contribution in [0.3, 0.4) is 0 Å². The van der Waals surface area contributed by atoms with Crippen molar-refractivity contribution in [1.82, 2.24) is 19.7 Å². The van der Waals surface area contributed by atoms with Crippen molar-refractivity contribution in [3.8, 4) is 5.69 Å². The number of benzene rings is 2. The van der Waals surface area contributed by atoms with E-state index >= 15 is 0 Å². The lowest BCUT2D eigenvalue weighted by molar-refractivity contribution is 0.0704. The molecule has 0 saturated carbocycles. The zero-order chi connectivity index (χ0) is 19.7. The average Bonchev–Trinajstić information content (AvgIpc) is 3.10. The summed E-state index contributed by atoms with van der Waals surface area (Å²) in [6.07, 6.45) is 1.68. The molecule has 1 aliphatic heterocycles. The molecule has 2 heterocycles. The number of hydrogen-bond donors (Lipinski definition) is 1. The Hall–Kier alpha value is -3.22. The van der Waals surface area contributed by atoms with E-state index in [1.54, 1.807) is 0 Å². The van der Waals surface area contributed by atoms with Gasteiger partial charge < -0.3 is 4.90 Å². The molecule has 1 aliphatic rings. The molecule has 0 bridgehead atoms. The Labute approximate surface area is 161 Å². The second-order valence-electron chi connectivity index (χ2n) is 7.16. The Morgan fingerprint density at radius 2 is 2.00 bits per heavy atom. The maximum atomic E-state index is 13.1. The molecule has 28 heavy (non-hydrogen) atoms. The predicted molar refractivity (Wildman–Crippen MR) is 103 cm³/mol. The van der Waals surface area contributed by atoms with Crippen molar-refractivity contribution < 1.29 is 9.18 Å². The smallest absolute Gasteiger partial charge is 0.338 e. The number of aromatic nitrogens is 3. The summed E-state index contributed by atoms with van der Waals surface area (Å²) in [5.41, 5.74) is 1.84. The van der Waals surface area contributed by atoms with Crippen molar-refractivity contribution in [3.63, 3.8) is 0 Å². The van der Waals surface area contributed by atoms with Crippen LogP contribution < -0.4 is 5.69 Å². The van der Waals surface area contributed by atoms with Crippen molar-refractivity contribution in [2.45, 2.75) is 25.7 Å². The number of aryl methyl sites for hydroxylation is 1. The van der Waals surface area contributed by atoms with Crippen LogP contribution in [0.1, 0.15) is 40.5 Å². The standard InChI is InChI=1S/C21H21FN4O2/c1-14-4-2-5-15(12-14)20(27)25-11-3-6-16(13-25)19-23-21(28)26(24-19)18-9-7-17(22)8-10-18/h2,4-5,7-10,12,16H,3,6,11,13H2,1H3,(H,23,24,28). The van der Waals surface area contributed by atoms with E-state index in [1.807, 2.05) is 36.1 Å². The molecule has 2 aromatic carbocycles. The molecule has 0 spiro atoms. The Bertz CT molecular complexity index is 1050. The van der Waals surface area contributed by atoms with Gasteiger partial charge in [-0.05, 0) is 56.2 Å². The van der Waals surface area contributed by atoms with E-state index in [0.29, 0.717) is 30.2 Å². The minimum Gasteiger partial charge on any atom is -0.338 e. The van der Waals surface area contributed by atoms with Gasteiger partial charge in [-0.2, -0.15) is 4.68 Å². The van der Waals surface area contributed by atoms with Gasteiger partial charge in [0.25, 0.3) is 5.91 Å². The lowest BCUT2D eigenvalue weighted by Crippen LogP contribution is -2.39. The highest BCUT2D eigenvalue weighted by molar-refractivity contribution is 5.94. The molecule has 1 amide bonds. The normalized spacial score (nSPS) is 16.9. The van der Waals surface area contributed by atoms with E-state index in [4.69, 9.17) is 0 Å². The van der Waals surface area contributed by atoms with Gasteiger partial charge in [-0.1, -0.05) is 17.7 Å². The lowest BCUT2D eigenvalue weighted by atomic mass is 9.96. The number of hydrogen-bond acceptors (Lipinski definition) is 3. The summed E-state index contributed by atoms with van der Waals surface area (Å²) in [7, 11) is 0. The van der Waals surface area contributed by atoms with Gasteiger partial charge in [-0.25, -0.2) is 9.18 Å². The van der Waals surface area contributed by atoms with Crippen molar-refractivity contribution in [2.24, 2.45) is 0 Å². The summed E-state index contributed by atoms with van der Waals surface area (Å²) in [6.45, 7) is 3.15. The first-order valence-electron chi connectivity index (χ1n) is 9.32. The Morgan fingerprint density at radius 3 is 2.75 bits per heavy atom. The molecule has 4 rings (SSSR count). The first-order valence-corrected chi connectivity index (χ1v) is 9.32. The molecule has 1 atom stereocenters. The molecule has 1 aromatic heterocycles. The number of aromatic amines is 1. The summed E-state index contributed by atoms with van der Waals surface area (Å²) in [6, 6.07) is 13.2. The molecule has 0 radical (unpaired) electrons. The third-order valence-electron chi connectivity index (χ3n) is 5.07. The minimum absolute atomic E-state index is 0.00582. The van der Waals surface area contributed by atoms with Crippen molar-refractivity contribution in [1.29, 1.82) is 0 Å². The van der Waals surface area contributed by atoms with Crippen LogP contribution in [-0.4, -0.2) is 38.7 Å². The van der Waals surface area contributed by atoms with Crippen LogP contribution in [0.2, 0.25) is 0 Å². The fourth-order valence-electron chi connectivity index (χ4n) is 3.63. The van der Waals surface area contributed by atoms with E-state index in [0.717, 1.165) is 18.4 Å². The number of H-pyrrole nitrogens is 1. The van der Waals surface area contributed by atoms with Crippen LogP contribution in [0.5, 0.6) is 0 Å². The van der Waals surface area contributed by atoms with Gasteiger partial charge in [0.1, 0.15) is 11.6 Å². The SMILES string of the molecule is Cc1cccc(C(=O)N2CCCC(c3nn(-c4ccc(F)cc4)c(=O)[nH]3)C2)c1. The minimum atomic E-state index is -0.372. The number of carbonyl (C=O) groups is 1. The number of nitrogens with one attached hydrogen (secondary N) is 1. The molecule has 144 valence electrons. The van der Waals surface area contributed by atoms with E-state index in [-0.39, 0.29) is 23.3 Å². The molecule has 1 N–H and O–H groups in total. The maximum absolute atomic E-state index is 13.1. The molecule has 0 aliphatic carbocycles. The summed E-state index contributed by atoms with van der Waals surface area (Å²) >= 11 is 0. The van der Waals surface area contributed by atoms with Gasteiger partial charge in [0.2, 0.25) is 0 Å². The second kappa shape index (κ2) is 7.42. The van der Waals surface area contributed by atoms with Crippen molar-refractivity contribution in [2.75, 3.05) is 13.1 Å². The van der Waals surface area contributed by atoms with Crippen LogP contribution >= 0.6 is 0 Å². The van der Waals surface area contributed by atoms with Crippen molar-refractivity contribution >= 4 is 5.91 Å². The fourth-order valence-corrected chi connectivity index (χ4v) is 3.63. The Morgan fingerprint density at radius 1 is 1.21 bits per heavy atom. The van der Waals surface area contributed by atoms with Gasteiger partial charge in [-0.15, -0.1) is 5.10 Å². The molecular weight excluding hydrogens is 359 g/mol. The fraction of sp³-hybridized carbons (Fsp3) is 0.286. The zero-order valence-corrected chi connectivity index (χ0v) is 15.6. The number of halogens is 1. The van der Waals surface area contributed by atoms with E-state index in [2.05, 4.69) is 10.1 Å². The van der Waals surface area contributed by atoms with Gasteiger partial charge in [-0.3, -0.25) is 9.78 Å². The van der Waals surface area contributed by atoms with E-state index < -0.39 is 0 Å². The van der Waals surface area contributed by atoms with Crippen LogP contribution in [0.25, 0.3) is 5.69 Å². The predicted octanol–water partition coefficient (Wildman–Crippen LogP) is 3.03. The molecule has 7 heteroatoms. The largest absolute Gasteiger partial charge is 0.348 e. The second-order valence-corrected chi connectivity index (χ2v) is 7.16. The third-order valence-corrected chi connectivity index (χ3v) is 5.07. The maximum Gasteiger partial charge on any atom is 0.348 e. The first kappa shape index (κ1) is 18.2. The monoisotopic (exact) mass is 380 g/mol.